The first-order valence-electron chi connectivity index (χ1n) is 7.46. The van der Waals surface area contributed by atoms with Gasteiger partial charge in [0, 0.05) is 6.54 Å². The van der Waals surface area contributed by atoms with Gasteiger partial charge in [0.2, 0.25) is 5.91 Å². The first-order chi connectivity index (χ1) is 10.7. The van der Waals surface area contributed by atoms with Crippen molar-refractivity contribution in [1.82, 2.24) is 5.32 Å². The van der Waals surface area contributed by atoms with Crippen molar-refractivity contribution in [2.24, 2.45) is 0 Å². The highest BCUT2D eigenvalue weighted by molar-refractivity contribution is 5.78. The second-order valence-corrected chi connectivity index (χ2v) is 5.47. The van der Waals surface area contributed by atoms with E-state index in [4.69, 9.17) is 4.74 Å². The summed E-state index contributed by atoms with van der Waals surface area (Å²) in [5, 5.41) is 2.90. The quantitative estimate of drug-likeness (QED) is 0.942. The summed E-state index contributed by atoms with van der Waals surface area (Å²) in [6, 6.07) is 12.0. The molecule has 22 heavy (non-hydrogen) atoms. The number of ether oxygens (including phenoxy) is 1. The molecule has 3 nitrogen and oxygen atoms in total. The lowest BCUT2D eigenvalue weighted by atomic mass is 10.0. The maximum atomic E-state index is 12.8. The minimum atomic E-state index is -0.291. The highest BCUT2D eigenvalue weighted by atomic mass is 19.1. The second-order valence-electron chi connectivity index (χ2n) is 5.47. The number of aryl methyl sites for hydroxylation is 1. The number of fused-ring (bicyclic) bond motifs is 1. The van der Waals surface area contributed by atoms with Crippen LogP contribution in [0, 0.1) is 5.82 Å². The molecule has 0 unspecified atom stereocenters. The normalized spacial score (nSPS) is 13.1. The van der Waals surface area contributed by atoms with Crippen molar-refractivity contribution >= 4 is 5.91 Å². The van der Waals surface area contributed by atoms with E-state index in [1.165, 1.54) is 17.7 Å². The largest absolute Gasteiger partial charge is 0.493 e. The summed E-state index contributed by atoms with van der Waals surface area (Å²) in [5.41, 5.74) is 3.07. The van der Waals surface area contributed by atoms with Crippen LogP contribution < -0.4 is 10.1 Å². The van der Waals surface area contributed by atoms with Gasteiger partial charge in [-0.25, -0.2) is 4.39 Å². The van der Waals surface area contributed by atoms with Gasteiger partial charge in [0.1, 0.15) is 11.6 Å². The SMILES string of the molecule is O=C(Cc1ccc(F)cc1)NCc1ccc2c(c1)CCCO2. The van der Waals surface area contributed by atoms with Crippen LogP contribution in [0.5, 0.6) is 5.75 Å². The maximum absolute atomic E-state index is 12.8. The molecule has 0 spiro atoms. The summed E-state index contributed by atoms with van der Waals surface area (Å²) < 4.78 is 18.4. The van der Waals surface area contributed by atoms with Crippen LogP contribution in [-0.2, 0) is 24.2 Å². The van der Waals surface area contributed by atoms with Gasteiger partial charge in [0.05, 0.1) is 13.0 Å². The molecule has 4 heteroatoms. The molecular weight excluding hydrogens is 281 g/mol. The molecule has 3 rings (SSSR count). The Morgan fingerprint density at radius 3 is 2.73 bits per heavy atom. The van der Waals surface area contributed by atoms with E-state index in [1.54, 1.807) is 12.1 Å². The van der Waals surface area contributed by atoms with Gasteiger partial charge in [-0.2, -0.15) is 0 Å². The number of nitrogens with one attached hydrogen (secondary N) is 1. The molecule has 2 aromatic carbocycles. The molecule has 0 atom stereocenters. The first-order valence-corrected chi connectivity index (χ1v) is 7.46. The average Bonchev–Trinajstić information content (AvgIpc) is 2.55. The first kappa shape index (κ1) is 14.6. The van der Waals surface area contributed by atoms with Gasteiger partial charge in [0.25, 0.3) is 0 Å². The van der Waals surface area contributed by atoms with Crippen LogP contribution in [0.1, 0.15) is 23.1 Å². The van der Waals surface area contributed by atoms with E-state index in [0.29, 0.717) is 6.54 Å². The predicted octanol–water partition coefficient (Wildman–Crippen LogP) is 3.01. The summed E-state index contributed by atoms with van der Waals surface area (Å²) >= 11 is 0. The Kier molecular flexibility index (Phi) is 4.37. The van der Waals surface area contributed by atoms with Gasteiger partial charge in [-0.3, -0.25) is 4.79 Å². The fraction of sp³-hybridized carbons (Fsp3) is 0.278. The van der Waals surface area contributed by atoms with Crippen molar-refractivity contribution in [1.29, 1.82) is 0 Å². The van der Waals surface area contributed by atoms with Crippen LogP contribution in [0.25, 0.3) is 0 Å². The Morgan fingerprint density at radius 2 is 1.91 bits per heavy atom. The topological polar surface area (TPSA) is 38.3 Å². The van der Waals surface area contributed by atoms with Gasteiger partial charge >= 0.3 is 0 Å². The summed E-state index contributed by atoms with van der Waals surface area (Å²) in [7, 11) is 0. The molecule has 1 N–H and O–H groups in total. The van der Waals surface area contributed by atoms with E-state index in [0.717, 1.165) is 36.3 Å². The molecule has 0 saturated heterocycles. The molecule has 1 aliphatic rings. The number of halogens is 1. The zero-order chi connectivity index (χ0) is 15.4. The van der Waals surface area contributed by atoms with E-state index in [-0.39, 0.29) is 18.1 Å². The number of hydrogen-bond acceptors (Lipinski definition) is 2. The zero-order valence-corrected chi connectivity index (χ0v) is 12.3. The molecular formula is C18H18FNO2. The van der Waals surface area contributed by atoms with E-state index in [9.17, 15) is 9.18 Å². The smallest absolute Gasteiger partial charge is 0.224 e. The van der Waals surface area contributed by atoms with Crippen LogP contribution in [0.3, 0.4) is 0 Å². The van der Waals surface area contributed by atoms with Gasteiger partial charge in [-0.1, -0.05) is 24.3 Å². The molecule has 0 aliphatic carbocycles. The minimum Gasteiger partial charge on any atom is -0.493 e. The molecule has 0 saturated carbocycles. The lowest BCUT2D eigenvalue weighted by Gasteiger charge is -2.18. The minimum absolute atomic E-state index is 0.0689. The molecule has 0 fully saturated rings. The Labute approximate surface area is 129 Å². The highest BCUT2D eigenvalue weighted by Gasteiger charge is 2.11. The van der Waals surface area contributed by atoms with Crippen LogP contribution in [0.2, 0.25) is 0 Å². The second kappa shape index (κ2) is 6.60. The van der Waals surface area contributed by atoms with E-state index < -0.39 is 0 Å². The van der Waals surface area contributed by atoms with Crippen molar-refractivity contribution in [2.45, 2.75) is 25.8 Å². The number of rotatable bonds is 4. The van der Waals surface area contributed by atoms with Gasteiger partial charge in [-0.15, -0.1) is 0 Å². The summed E-state index contributed by atoms with van der Waals surface area (Å²) in [4.78, 5) is 11.9. The molecule has 0 radical (unpaired) electrons. The van der Waals surface area contributed by atoms with Gasteiger partial charge in [-0.05, 0) is 47.7 Å². The summed E-state index contributed by atoms with van der Waals surface area (Å²) in [5.74, 6) is 0.591. The maximum Gasteiger partial charge on any atom is 0.224 e. The molecule has 1 aliphatic heterocycles. The van der Waals surface area contributed by atoms with Crippen molar-refractivity contribution in [2.75, 3.05) is 6.61 Å². The molecule has 2 aromatic rings. The zero-order valence-electron chi connectivity index (χ0n) is 12.3. The lowest BCUT2D eigenvalue weighted by molar-refractivity contribution is -0.120. The number of carbonyl (C=O) groups excluding carboxylic acids is 1. The molecule has 0 bridgehead atoms. The number of hydrogen-bond donors (Lipinski definition) is 1. The highest BCUT2D eigenvalue weighted by Crippen LogP contribution is 2.25. The number of benzene rings is 2. The van der Waals surface area contributed by atoms with Crippen LogP contribution in [0.4, 0.5) is 4.39 Å². The van der Waals surface area contributed by atoms with Gasteiger partial charge in [0.15, 0.2) is 0 Å². The summed E-state index contributed by atoms with van der Waals surface area (Å²) in [6.07, 6.45) is 2.31. The lowest BCUT2D eigenvalue weighted by Crippen LogP contribution is -2.24. The van der Waals surface area contributed by atoms with Crippen LogP contribution >= 0.6 is 0 Å². The average molecular weight is 299 g/mol. The van der Waals surface area contributed by atoms with Gasteiger partial charge < -0.3 is 10.1 Å². The van der Waals surface area contributed by atoms with Crippen LogP contribution in [-0.4, -0.2) is 12.5 Å². The third kappa shape index (κ3) is 3.64. The fourth-order valence-corrected chi connectivity index (χ4v) is 2.57. The predicted molar refractivity (Wildman–Crippen MR) is 82.2 cm³/mol. The van der Waals surface area contributed by atoms with Crippen molar-refractivity contribution in [3.05, 3.63) is 65.0 Å². The third-order valence-corrected chi connectivity index (χ3v) is 3.74. The number of carbonyl (C=O) groups is 1. The fourth-order valence-electron chi connectivity index (χ4n) is 2.57. The van der Waals surface area contributed by atoms with Crippen molar-refractivity contribution < 1.29 is 13.9 Å². The van der Waals surface area contributed by atoms with E-state index >= 15 is 0 Å². The molecule has 0 aromatic heterocycles. The summed E-state index contributed by atoms with van der Waals surface area (Å²) in [6.45, 7) is 1.27. The Hall–Kier alpha value is -2.36. The monoisotopic (exact) mass is 299 g/mol. The van der Waals surface area contributed by atoms with Crippen LogP contribution in [0.15, 0.2) is 42.5 Å². The third-order valence-electron chi connectivity index (χ3n) is 3.74. The van der Waals surface area contributed by atoms with E-state index in [2.05, 4.69) is 11.4 Å². The Bertz CT molecular complexity index is 667. The Morgan fingerprint density at radius 1 is 1.14 bits per heavy atom. The van der Waals surface area contributed by atoms with Crippen molar-refractivity contribution in [3.8, 4) is 5.75 Å². The standard InChI is InChI=1S/C18H18FNO2/c19-16-6-3-13(4-7-16)11-18(21)20-12-14-5-8-17-15(10-14)2-1-9-22-17/h3-8,10H,1-2,9,11-12H2,(H,20,21). The number of amides is 1. The molecule has 114 valence electrons. The van der Waals surface area contributed by atoms with E-state index in [1.807, 2.05) is 12.1 Å². The molecule has 1 heterocycles. The Balaban J connectivity index is 1.55. The molecule has 1 amide bonds. The van der Waals surface area contributed by atoms with Crippen molar-refractivity contribution in [3.63, 3.8) is 0 Å².